The zero-order valence-electron chi connectivity index (χ0n) is 6.53. The molecule has 0 heterocycles. The molecule has 0 atom stereocenters. The van der Waals surface area contributed by atoms with Crippen LogP contribution in [0.4, 0.5) is 18.9 Å². The number of hydrogen-bond acceptors (Lipinski definition) is 2. The lowest BCUT2D eigenvalue weighted by molar-refractivity contribution is -0.0328. The summed E-state index contributed by atoms with van der Waals surface area (Å²) in [4.78, 5) is -0.154. The van der Waals surface area contributed by atoms with E-state index in [4.69, 9.17) is 28.9 Å². The van der Waals surface area contributed by atoms with Gasteiger partial charge in [-0.05, 0) is 23.9 Å². The van der Waals surface area contributed by atoms with Crippen LogP contribution in [0.25, 0.3) is 0 Å². The molecule has 0 aliphatic rings. The number of halogens is 5. The third-order valence-corrected chi connectivity index (χ3v) is 3.10. The summed E-state index contributed by atoms with van der Waals surface area (Å²) in [6.45, 7) is 0. The molecule has 1 rings (SSSR count). The number of benzene rings is 1. The molecule has 0 bridgehead atoms. The second kappa shape index (κ2) is 4.08. The summed E-state index contributed by atoms with van der Waals surface area (Å²) in [5, 5.41) is -0.227. The van der Waals surface area contributed by atoms with E-state index in [9.17, 15) is 13.2 Å². The van der Waals surface area contributed by atoms with Crippen molar-refractivity contribution < 1.29 is 13.2 Å². The van der Waals surface area contributed by atoms with Crippen LogP contribution in [0, 0.1) is 0 Å². The van der Waals surface area contributed by atoms with Crippen LogP contribution in [0.15, 0.2) is 17.0 Å². The minimum atomic E-state index is -4.39. The molecule has 0 saturated carbocycles. The molecule has 14 heavy (non-hydrogen) atoms. The van der Waals surface area contributed by atoms with Gasteiger partial charge in [-0.15, -0.1) is 0 Å². The van der Waals surface area contributed by atoms with E-state index >= 15 is 0 Å². The maximum atomic E-state index is 12.0. The van der Waals surface area contributed by atoms with E-state index in [1.165, 1.54) is 12.1 Å². The van der Waals surface area contributed by atoms with Crippen molar-refractivity contribution in [2.45, 2.75) is 10.4 Å². The van der Waals surface area contributed by atoms with Crippen LogP contribution in [0.1, 0.15) is 0 Å². The first-order valence-electron chi connectivity index (χ1n) is 3.30. The summed E-state index contributed by atoms with van der Waals surface area (Å²) in [5.74, 6) is 0. The van der Waals surface area contributed by atoms with E-state index in [1.807, 2.05) is 0 Å². The van der Waals surface area contributed by atoms with Crippen LogP contribution < -0.4 is 5.73 Å². The van der Waals surface area contributed by atoms with Gasteiger partial charge in [0.05, 0.1) is 15.7 Å². The molecular formula is C7H4Cl2F3NS. The minimum Gasteiger partial charge on any atom is -0.397 e. The lowest BCUT2D eigenvalue weighted by atomic mass is 10.3. The third kappa shape index (κ3) is 2.87. The van der Waals surface area contributed by atoms with Crippen LogP contribution in [0.2, 0.25) is 10.0 Å². The van der Waals surface area contributed by atoms with Crippen molar-refractivity contribution in [2.75, 3.05) is 5.73 Å². The summed E-state index contributed by atoms with van der Waals surface area (Å²) >= 11 is 10.8. The quantitative estimate of drug-likeness (QED) is 0.606. The number of nitrogens with two attached hydrogens (primary N) is 1. The van der Waals surface area contributed by atoms with Gasteiger partial charge in [-0.25, -0.2) is 0 Å². The fourth-order valence-electron chi connectivity index (χ4n) is 0.750. The molecule has 2 N–H and O–H groups in total. The van der Waals surface area contributed by atoms with Gasteiger partial charge < -0.3 is 5.73 Å². The Labute approximate surface area is 92.4 Å². The number of rotatable bonds is 1. The first-order chi connectivity index (χ1) is 6.31. The Morgan fingerprint density at radius 2 is 1.71 bits per heavy atom. The monoisotopic (exact) mass is 261 g/mol. The molecule has 0 fully saturated rings. The first kappa shape index (κ1) is 11.8. The maximum Gasteiger partial charge on any atom is 0.446 e. The predicted molar refractivity (Wildman–Crippen MR) is 52.8 cm³/mol. The number of nitrogen functional groups attached to an aromatic ring is 1. The second-order valence-corrected chi connectivity index (χ2v) is 4.19. The van der Waals surface area contributed by atoms with E-state index in [0.717, 1.165) is 0 Å². The van der Waals surface area contributed by atoms with Crippen LogP contribution >= 0.6 is 35.0 Å². The average molecular weight is 262 g/mol. The summed E-state index contributed by atoms with van der Waals surface area (Å²) in [7, 11) is 0. The molecular weight excluding hydrogens is 258 g/mol. The number of anilines is 1. The van der Waals surface area contributed by atoms with Crippen molar-refractivity contribution in [1.82, 2.24) is 0 Å². The highest BCUT2D eigenvalue weighted by Crippen LogP contribution is 2.43. The molecule has 0 spiro atoms. The Balaban J connectivity index is 3.06. The molecule has 7 heteroatoms. The molecule has 1 aromatic rings. The summed E-state index contributed by atoms with van der Waals surface area (Å²) in [6.07, 6.45) is 0. The normalized spacial score (nSPS) is 11.8. The zero-order chi connectivity index (χ0) is 10.9. The molecule has 0 saturated heterocycles. The van der Waals surface area contributed by atoms with Crippen molar-refractivity contribution in [2.24, 2.45) is 0 Å². The second-order valence-electron chi connectivity index (χ2n) is 2.33. The smallest absolute Gasteiger partial charge is 0.397 e. The Kier molecular flexibility index (Phi) is 3.44. The topological polar surface area (TPSA) is 26.0 Å². The number of thioether (sulfide) groups is 1. The maximum absolute atomic E-state index is 12.0. The lowest BCUT2D eigenvalue weighted by Crippen LogP contribution is -2.00. The molecule has 0 aliphatic heterocycles. The molecule has 0 amide bonds. The summed E-state index contributed by atoms with van der Waals surface area (Å²) in [5.41, 5.74) is 1.12. The van der Waals surface area contributed by atoms with Gasteiger partial charge in [-0.1, -0.05) is 23.2 Å². The number of hydrogen-bond donors (Lipinski definition) is 1. The van der Waals surface area contributed by atoms with Crippen LogP contribution in [-0.4, -0.2) is 5.51 Å². The highest BCUT2D eigenvalue weighted by molar-refractivity contribution is 8.00. The summed E-state index contributed by atoms with van der Waals surface area (Å²) in [6, 6.07) is 2.46. The standard InChI is InChI=1S/C7H4Cl2F3NS/c8-5-3(13)1-2-4(6(5)9)14-7(10,11)12/h1-2H,13H2. The van der Waals surface area contributed by atoms with E-state index in [-0.39, 0.29) is 32.4 Å². The van der Waals surface area contributed by atoms with Crippen LogP contribution in [0.5, 0.6) is 0 Å². The van der Waals surface area contributed by atoms with Crippen molar-refractivity contribution in [3.05, 3.63) is 22.2 Å². The Bertz CT molecular complexity index is 354. The van der Waals surface area contributed by atoms with Crippen molar-refractivity contribution in [3.8, 4) is 0 Å². The summed E-state index contributed by atoms with van der Waals surface area (Å²) < 4.78 is 36.0. The average Bonchev–Trinajstić information content (AvgIpc) is 2.04. The fraction of sp³-hybridized carbons (Fsp3) is 0.143. The van der Waals surface area contributed by atoms with E-state index in [1.54, 1.807) is 0 Å². The first-order valence-corrected chi connectivity index (χ1v) is 4.87. The molecule has 1 nitrogen and oxygen atoms in total. The van der Waals surface area contributed by atoms with E-state index in [0.29, 0.717) is 0 Å². The van der Waals surface area contributed by atoms with Crippen LogP contribution in [-0.2, 0) is 0 Å². The Morgan fingerprint density at radius 1 is 1.14 bits per heavy atom. The van der Waals surface area contributed by atoms with Crippen molar-refractivity contribution in [1.29, 1.82) is 0 Å². The fourth-order valence-corrected chi connectivity index (χ4v) is 1.84. The van der Waals surface area contributed by atoms with Gasteiger partial charge >= 0.3 is 5.51 Å². The SMILES string of the molecule is Nc1ccc(SC(F)(F)F)c(Cl)c1Cl. The van der Waals surface area contributed by atoms with E-state index < -0.39 is 5.51 Å². The third-order valence-electron chi connectivity index (χ3n) is 1.30. The molecule has 0 radical (unpaired) electrons. The number of alkyl halides is 3. The molecule has 0 unspecified atom stereocenters. The highest BCUT2D eigenvalue weighted by atomic mass is 35.5. The molecule has 0 aliphatic carbocycles. The molecule has 1 aromatic carbocycles. The molecule has 78 valence electrons. The van der Waals surface area contributed by atoms with Gasteiger partial charge in [0.25, 0.3) is 0 Å². The predicted octanol–water partition coefficient (Wildman–Crippen LogP) is 4.19. The Morgan fingerprint density at radius 3 is 2.21 bits per heavy atom. The zero-order valence-corrected chi connectivity index (χ0v) is 8.86. The van der Waals surface area contributed by atoms with Gasteiger partial charge in [0, 0.05) is 4.90 Å². The molecule has 0 aromatic heterocycles. The van der Waals surface area contributed by atoms with Crippen LogP contribution in [0.3, 0.4) is 0 Å². The van der Waals surface area contributed by atoms with E-state index in [2.05, 4.69) is 0 Å². The minimum absolute atomic E-state index is 0.0547. The highest BCUT2D eigenvalue weighted by Gasteiger charge is 2.30. The van der Waals surface area contributed by atoms with Crippen molar-refractivity contribution in [3.63, 3.8) is 0 Å². The van der Waals surface area contributed by atoms with Crippen molar-refractivity contribution >= 4 is 40.7 Å². The van der Waals surface area contributed by atoms with Gasteiger partial charge in [-0.2, -0.15) is 13.2 Å². The lowest BCUT2D eigenvalue weighted by Gasteiger charge is -2.09. The van der Waals surface area contributed by atoms with Gasteiger partial charge in [0.2, 0.25) is 0 Å². The van der Waals surface area contributed by atoms with Gasteiger partial charge in [0.1, 0.15) is 0 Å². The largest absolute Gasteiger partial charge is 0.446 e. The van der Waals surface area contributed by atoms with Gasteiger partial charge in [-0.3, -0.25) is 0 Å². The van der Waals surface area contributed by atoms with Gasteiger partial charge in [0.15, 0.2) is 0 Å². The Hall–Kier alpha value is -0.260.